The van der Waals surface area contributed by atoms with Crippen molar-refractivity contribution >= 4 is 17.7 Å². The molecule has 3 aliphatic heterocycles. The predicted octanol–water partition coefficient (Wildman–Crippen LogP) is 3.06. The molecule has 4 heterocycles. The quantitative estimate of drug-likeness (QED) is 0.656. The van der Waals surface area contributed by atoms with Crippen molar-refractivity contribution < 1.29 is 4.79 Å². The summed E-state index contributed by atoms with van der Waals surface area (Å²) in [5.74, 6) is 0.696. The van der Waals surface area contributed by atoms with E-state index in [1.54, 1.807) is 0 Å². The summed E-state index contributed by atoms with van der Waals surface area (Å²) in [6.07, 6.45) is 15.6. The van der Waals surface area contributed by atoms with E-state index in [1.807, 2.05) is 0 Å². The van der Waals surface area contributed by atoms with E-state index < -0.39 is 0 Å². The number of allylic oxidation sites excluding steroid dienone is 2. The molecule has 1 saturated carbocycles. The van der Waals surface area contributed by atoms with Crippen molar-refractivity contribution in [1.82, 2.24) is 24.3 Å². The lowest BCUT2D eigenvalue weighted by Crippen LogP contribution is -2.55. The molecule has 0 bridgehead atoms. The van der Waals surface area contributed by atoms with Crippen LogP contribution in [0.15, 0.2) is 35.6 Å². The zero-order valence-corrected chi connectivity index (χ0v) is 21.4. The van der Waals surface area contributed by atoms with Crippen molar-refractivity contribution in [2.75, 3.05) is 52.4 Å². The molecule has 188 valence electrons. The van der Waals surface area contributed by atoms with Crippen LogP contribution in [-0.2, 0) is 4.79 Å². The van der Waals surface area contributed by atoms with Crippen molar-refractivity contribution in [3.8, 4) is 0 Å². The Hall–Kier alpha value is -2.22. The van der Waals surface area contributed by atoms with Crippen LogP contribution >= 0.6 is 0 Å². The Morgan fingerprint density at radius 3 is 2.60 bits per heavy atom. The number of carbonyl (C=O) groups excluding carboxylic acids is 1. The van der Waals surface area contributed by atoms with Gasteiger partial charge in [0.1, 0.15) is 0 Å². The molecule has 0 spiro atoms. The van der Waals surface area contributed by atoms with E-state index in [-0.39, 0.29) is 0 Å². The molecule has 5 aliphatic rings. The minimum atomic E-state index is 0.313. The molecule has 2 unspecified atom stereocenters. The summed E-state index contributed by atoms with van der Waals surface area (Å²) >= 11 is 0. The fraction of sp³-hybridized carbons (Fsp3) is 0.643. The van der Waals surface area contributed by atoms with Crippen LogP contribution in [0.5, 0.6) is 0 Å². The number of fused-ring (bicyclic) bond motifs is 1. The third-order valence-corrected chi connectivity index (χ3v) is 8.76. The number of hydrogen-bond acceptors (Lipinski definition) is 5. The molecule has 2 saturated heterocycles. The summed E-state index contributed by atoms with van der Waals surface area (Å²) in [5, 5.41) is 4.69. The van der Waals surface area contributed by atoms with E-state index in [1.165, 1.54) is 43.0 Å². The second kappa shape index (κ2) is 9.68. The molecule has 0 radical (unpaired) electrons. The number of aromatic nitrogens is 1. The summed E-state index contributed by atoms with van der Waals surface area (Å²) in [4.78, 5) is 22.5. The Kier molecular flexibility index (Phi) is 6.41. The topological polar surface area (TPSA) is 47.3 Å². The van der Waals surface area contributed by atoms with Crippen molar-refractivity contribution in [1.29, 1.82) is 0 Å². The maximum absolute atomic E-state index is 12.6. The maximum Gasteiger partial charge on any atom is 0.225 e. The second-order valence-corrected chi connectivity index (χ2v) is 11.0. The van der Waals surface area contributed by atoms with E-state index in [2.05, 4.69) is 74.8 Å². The Morgan fingerprint density at radius 1 is 1.09 bits per heavy atom. The van der Waals surface area contributed by atoms with E-state index >= 15 is 0 Å². The van der Waals surface area contributed by atoms with Gasteiger partial charge >= 0.3 is 0 Å². The minimum Gasteiger partial charge on any atom is -0.340 e. The zero-order chi connectivity index (χ0) is 23.9. The first-order chi connectivity index (χ1) is 17.1. The lowest BCUT2D eigenvalue weighted by molar-refractivity contribution is -0.136. The van der Waals surface area contributed by atoms with Gasteiger partial charge in [-0.3, -0.25) is 14.6 Å². The van der Waals surface area contributed by atoms with Crippen LogP contribution < -0.4 is 0 Å². The van der Waals surface area contributed by atoms with Gasteiger partial charge in [-0.25, -0.2) is 4.68 Å². The van der Waals surface area contributed by atoms with Gasteiger partial charge in [-0.1, -0.05) is 25.2 Å². The van der Waals surface area contributed by atoms with Gasteiger partial charge in [-0.05, 0) is 44.4 Å². The highest BCUT2D eigenvalue weighted by Crippen LogP contribution is 2.36. The zero-order valence-electron chi connectivity index (χ0n) is 21.4. The van der Waals surface area contributed by atoms with Crippen molar-refractivity contribution in [2.24, 2.45) is 11.0 Å². The monoisotopic (exact) mass is 476 g/mol. The van der Waals surface area contributed by atoms with Gasteiger partial charge in [0, 0.05) is 88.2 Å². The van der Waals surface area contributed by atoms with Crippen LogP contribution in [0.25, 0.3) is 5.57 Å². The predicted molar refractivity (Wildman–Crippen MR) is 140 cm³/mol. The Labute approximate surface area is 209 Å². The molecule has 1 amide bonds. The van der Waals surface area contributed by atoms with E-state index in [0.29, 0.717) is 30.0 Å². The van der Waals surface area contributed by atoms with Crippen molar-refractivity contribution in [3.05, 3.63) is 41.7 Å². The van der Waals surface area contributed by atoms with E-state index in [9.17, 15) is 4.79 Å². The molecule has 0 N–H and O–H groups in total. The van der Waals surface area contributed by atoms with Crippen LogP contribution in [0.3, 0.4) is 0 Å². The molecule has 2 aliphatic carbocycles. The van der Waals surface area contributed by atoms with Crippen LogP contribution in [0.1, 0.15) is 56.8 Å². The highest BCUT2D eigenvalue weighted by Gasteiger charge is 2.38. The summed E-state index contributed by atoms with van der Waals surface area (Å²) in [7, 11) is 0. The molecule has 3 fully saturated rings. The molecule has 1 aromatic rings. The summed E-state index contributed by atoms with van der Waals surface area (Å²) in [6.45, 7) is 13.0. The van der Waals surface area contributed by atoms with E-state index in [4.69, 9.17) is 5.10 Å². The van der Waals surface area contributed by atoms with Crippen LogP contribution in [0, 0.1) is 5.92 Å². The molecule has 3 atom stereocenters. The Bertz CT molecular complexity index is 1030. The van der Waals surface area contributed by atoms with Gasteiger partial charge in [0.2, 0.25) is 5.91 Å². The standard InChI is InChI=1S/C28H40N6O/c1-3-30-12-14-31(15-13-30)25-8-6-22(7-9-25)24-18-27-26(10-11-29-34(27)20-24)33-17-16-32(19-21(33)2)28(35)23-4-5-23/h6-8,11,18,20-21,23,25-26H,3-5,9-10,12-17,19H2,1-2H3/t21-,25?,26?/m0/s1. The number of carbonyl (C=O) groups is 1. The lowest BCUT2D eigenvalue weighted by atomic mass is 9.96. The number of piperazine rings is 2. The average Bonchev–Trinajstić information content (AvgIpc) is 3.66. The van der Waals surface area contributed by atoms with Crippen LogP contribution in [-0.4, -0.2) is 101 Å². The Balaban J connectivity index is 1.12. The first-order valence-electron chi connectivity index (χ1n) is 13.8. The van der Waals surface area contributed by atoms with Crippen molar-refractivity contribution in [3.63, 3.8) is 0 Å². The number of likely N-dealkylation sites (N-methyl/N-ethyl adjacent to an activating group) is 1. The van der Waals surface area contributed by atoms with Crippen molar-refractivity contribution in [2.45, 2.75) is 57.7 Å². The summed E-state index contributed by atoms with van der Waals surface area (Å²) in [6, 6.07) is 3.56. The number of amides is 1. The smallest absolute Gasteiger partial charge is 0.225 e. The fourth-order valence-electron chi connectivity index (χ4n) is 6.37. The average molecular weight is 477 g/mol. The number of hydrogen-bond donors (Lipinski definition) is 0. The molecular weight excluding hydrogens is 436 g/mol. The molecule has 35 heavy (non-hydrogen) atoms. The summed E-state index contributed by atoms with van der Waals surface area (Å²) in [5.41, 5.74) is 3.87. The normalized spacial score (nSPS) is 30.4. The molecule has 6 rings (SSSR count). The van der Waals surface area contributed by atoms with Crippen LogP contribution in [0.4, 0.5) is 0 Å². The third kappa shape index (κ3) is 4.66. The van der Waals surface area contributed by atoms with Gasteiger partial charge < -0.3 is 9.80 Å². The molecule has 1 aromatic heterocycles. The SMILES string of the molecule is CCN1CCN(C2C=CC(c3cc4n(c3)N=CCC4N3CCN(C(=O)C4CC4)C[C@@H]3C)=CC2)CC1. The molecule has 7 heteroatoms. The van der Waals surface area contributed by atoms with Gasteiger partial charge in [-0.2, -0.15) is 5.10 Å². The molecule has 0 aromatic carbocycles. The Morgan fingerprint density at radius 2 is 1.91 bits per heavy atom. The highest BCUT2D eigenvalue weighted by molar-refractivity contribution is 5.81. The third-order valence-electron chi connectivity index (χ3n) is 8.76. The minimum absolute atomic E-state index is 0.313. The van der Waals surface area contributed by atoms with E-state index in [0.717, 1.165) is 51.9 Å². The fourth-order valence-corrected chi connectivity index (χ4v) is 6.37. The van der Waals surface area contributed by atoms with Crippen LogP contribution in [0.2, 0.25) is 0 Å². The lowest BCUT2D eigenvalue weighted by Gasteiger charge is -2.44. The summed E-state index contributed by atoms with van der Waals surface area (Å²) < 4.78 is 2.09. The largest absolute Gasteiger partial charge is 0.340 e. The number of nitrogens with zero attached hydrogens (tertiary/aromatic N) is 6. The number of rotatable bonds is 5. The van der Waals surface area contributed by atoms with Gasteiger partial charge in [0.15, 0.2) is 0 Å². The van der Waals surface area contributed by atoms with Gasteiger partial charge in [0.25, 0.3) is 0 Å². The highest BCUT2D eigenvalue weighted by atomic mass is 16.2. The molecule has 7 nitrogen and oxygen atoms in total. The van der Waals surface area contributed by atoms with Gasteiger partial charge in [-0.15, -0.1) is 0 Å². The second-order valence-electron chi connectivity index (χ2n) is 11.0. The van der Waals surface area contributed by atoms with Gasteiger partial charge in [0.05, 0.1) is 11.7 Å². The first-order valence-corrected chi connectivity index (χ1v) is 13.8. The maximum atomic E-state index is 12.6. The first kappa shape index (κ1) is 23.2. The molecular formula is C28H40N6O.